The summed E-state index contributed by atoms with van der Waals surface area (Å²) in [7, 11) is -3.60. The van der Waals surface area contributed by atoms with Gasteiger partial charge in [0.25, 0.3) is 0 Å². The molecule has 0 unspecified atom stereocenters. The zero-order valence-electron chi connectivity index (χ0n) is 10.5. The molecule has 1 aromatic heterocycles. The summed E-state index contributed by atoms with van der Waals surface area (Å²) in [4.78, 5) is 3.97. The summed E-state index contributed by atoms with van der Waals surface area (Å²) in [5, 5.41) is 0. The lowest BCUT2D eigenvalue weighted by atomic mass is 9.83. The highest BCUT2D eigenvalue weighted by molar-refractivity contribution is 7.89. The van der Waals surface area contributed by atoms with Gasteiger partial charge in [0, 0.05) is 12.7 Å². The largest absolute Gasteiger partial charge is 0.388 e. The van der Waals surface area contributed by atoms with Gasteiger partial charge >= 0.3 is 0 Å². The standard InChI is InChI=1S/C12H17N3O2S2/c13-12(18)11-10(5-2-7-14-11)19(16,17)15-8-6-9-3-1-4-9/h2,5,7,9,15H,1,3-4,6,8H2,(H2,13,18). The van der Waals surface area contributed by atoms with Gasteiger partial charge in [0.05, 0.1) is 0 Å². The van der Waals surface area contributed by atoms with Gasteiger partial charge in [0.1, 0.15) is 15.6 Å². The number of nitrogens with one attached hydrogen (secondary N) is 1. The molecular weight excluding hydrogens is 282 g/mol. The van der Waals surface area contributed by atoms with Crippen LogP contribution in [0.2, 0.25) is 0 Å². The molecule has 0 amide bonds. The molecule has 5 nitrogen and oxygen atoms in total. The van der Waals surface area contributed by atoms with Gasteiger partial charge < -0.3 is 5.73 Å². The lowest BCUT2D eigenvalue weighted by Crippen LogP contribution is -2.29. The Morgan fingerprint density at radius 2 is 2.26 bits per heavy atom. The molecule has 1 saturated carbocycles. The molecule has 0 atom stereocenters. The van der Waals surface area contributed by atoms with Crippen molar-refractivity contribution in [3.63, 3.8) is 0 Å². The SMILES string of the molecule is NC(=S)c1ncccc1S(=O)(=O)NCCC1CCC1. The molecule has 0 spiro atoms. The van der Waals surface area contributed by atoms with Gasteiger partial charge in [-0.05, 0) is 24.5 Å². The summed E-state index contributed by atoms with van der Waals surface area (Å²) in [5.41, 5.74) is 5.64. The molecule has 1 aliphatic rings. The monoisotopic (exact) mass is 299 g/mol. The molecule has 1 aromatic rings. The number of sulfonamides is 1. The van der Waals surface area contributed by atoms with E-state index >= 15 is 0 Å². The fourth-order valence-electron chi connectivity index (χ4n) is 2.05. The van der Waals surface area contributed by atoms with E-state index in [1.807, 2.05) is 0 Å². The summed E-state index contributed by atoms with van der Waals surface area (Å²) in [5.74, 6) is 0.659. The Balaban J connectivity index is 2.07. The molecule has 1 heterocycles. The van der Waals surface area contributed by atoms with Crippen LogP contribution < -0.4 is 10.5 Å². The molecule has 1 aliphatic carbocycles. The normalized spacial score (nSPS) is 16.0. The second kappa shape index (κ2) is 5.94. The van der Waals surface area contributed by atoms with Gasteiger partial charge in [0.2, 0.25) is 10.0 Å². The van der Waals surface area contributed by atoms with Crippen molar-refractivity contribution in [1.29, 1.82) is 0 Å². The number of hydrogen-bond acceptors (Lipinski definition) is 4. The fourth-order valence-corrected chi connectivity index (χ4v) is 3.49. The zero-order chi connectivity index (χ0) is 13.9. The number of nitrogens with zero attached hydrogens (tertiary/aromatic N) is 1. The third kappa shape index (κ3) is 3.49. The fraction of sp³-hybridized carbons (Fsp3) is 0.500. The molecule has 1 fully saturated rings. The second-order valence-electron chi connectivity index (χ2n) is 4.70. The van der Waals surface area contributed by atoms with Gasteiger partial charge in [-0.25, -0.2) is 13.1 Å². The minimum Gasteiger partial charge on any atom is -0.388 e. The van der Waals surface area contributed by atoms with Crippen molar-refractivity contribution in [1.82, 2.24) is 9.71 Å². The number of aromatic nitrogens is 1. The highest BCUT2D eigenvalue weighted by atomic mass is 32.2. The molecule has 2 rings (SSSR count). The molecule has 0 saturated heterocycles. The average Bonchev–Trinajstić information content (AvgIpc) is 2.32. The van der Waals surface area contributed by atoms with Gasteiger partial charge in [-0.3, -0.25) is 4.98 Å². The first kappa shape index (κ1) is 14.4. The van der Waals surface area contributed by atoms with Crippen molar-refractivity contribution in [2.45, 2.75) is 30.6 Å². The Kier molecular flexibility index (Phi) is 4.49. The van der Waals surface area contributed by atoms with Crippen molar-refractivity contribution in [2.24, 2.45) is 11.7 Å². The van der Waals surface area contributed by atoms with Crippen molar-refractivity contribution in [2.75, 3.05) is 6.54 Å². The first-order valence-electron chi connectivity index (χ1n) is 6.25. The Bertz CT molecular complexity index is 568. The number of pyridine rings is 1. The van der Waals surface area contributed by atoms with Crippen LogP contribution in [0.5, 0.6) is 0 Å². The third-order valence-electron chi connectivity index (χ3n) is 3.36. The van der Waals surface area contributed by atoms with E-state index in [4.69, 9.17) is 18.0 Å². The number of nitrogens with two attached hydrogens (primary N) is 1. The molecular formula is C12H17N3O2S2. The van der Waals surface area contributed by atoms with Crippen molar-refractivity contribution in [3.05, 3.63) is 24.0 Å². The first-order chi connectivity index (χ1) is 9.00. The maximum absolute atomic E-state index is 12.2. The maximum atomic E-state index is 12.2. The van der Waals surface area contributed by atoms with E-state index in [1.54, 1.807) is 6.07 Å². The van der Waals surface area contributed by atoms with E-state index in [-0.39, 0.29) is 15.6 Å². The minimum absolute atomic E-state index is 0.0139. The Morgan fingerprint density at radius 1 is 1.53 bits per heavy atom. The van der Waals surface area contributed by atoms with E-state index in [9.17, 15) is 8.42 Å². The van der Waals surface area contributed by atoms with Gasteiger partial charge in [-0.1, -0.05) is 31.5 Å². The Hall–Kier alpha value is -1.05. The molecule has 0 aromatic carbocycles. The molecule has 0 bridgehead atoms. The van der Waals surface area contributed by atoms with Crippen LogP contribution in [0.4, 0.5) is 0 Å². The van der Waals surface area contributed by atoms with Crippen LogP contribution in [0.1, 0.15) is 31.4 Å². The van der Waals surface area contributed by atoms with Gasteiger partial charge in [-0.2, -0.15) is 0 Å². The van der Waals surface area contributed by atoms with E-state index in [0.29, 0.717) is 12.5 Å². The van der Waals surface area contributed by atoms with Crippen LogP contribution in [0.25, 0.3) is 0 Å². The van der Waals surface area contributed by atoms with Crippen molar-refractivity contribution < 1.29 is 8.42 Å². The van der Waals surface area contributed by atoms with E-state index in [0.717, 1.165) is 6.42 Å². The predicted molar refractivity (Wildman–Crippen MR) is 77.3 cm³/mol. The Labute approximate surface area is 118 Å². The van der Waals surface area contributed by atoms with E-state index in [1.165, 1.54) is 31.5 Å². The summed E-state index contributed by atoms with van der Waals surface area (Å²) >= 11 is 4.82. The van der Waals surface area contributed by atoms with Crippen molar-refractivity contribution in [3.8, 4) is 0 Å². The highest BCUT2D eigenvalue weighted by Gasteiger charge is 2.22. The van der Waals surface area contributed by atoms with Crippen molar-refractivity contribution >= 4 is 27.2 Å². The van der Waals surface area contributed by atoms with Crippen LogP contribution in [0.3, 0.4) is 0 Å². The minimum atomic E-state index is -3.60. The van der Waals surface area contributed by atoms with Crippen LogP contribution in [-0.2, 0) is 10.0 Å². The summed E-state index contributed by atoms with van der Waals surface area (Å²) in [6.45, 7) is 0.443. The topological polar surface area (TPSA) is 85.1 Å². The summed E-state index contributed by atoms with van der Waals surface area (Å²) in [6, 6.07) is 3.02. The van der Waals surface area contributed by atoms with Gasteiger partial charge in [0.15, 0.2) is 0 Å². The quantitative estimate of drug-likeness (QED) is 0.771. The van der Waals surface area contributed by atoms with Crippen LogP contribution in [0, 0.1) is 5.92 Å². The Morgan fingerprint density at radius 3 is 2.84 bits per heavy atom. The van der Waals surface area contributed by atoms with E-state index < -0.39 is 10.0 Å². The smallest absolute Gasteiger partial charge is 0.242 e. The maximum Gasteiger partial charge on any atom is 0.242 e. The van der Waals surface area contributed by atoms with Crippen LogP contribution in [-0.4, -0.2) is 24.9 Å². The van der Waals surface area contributed by atoms with Crippen LogP contribution >= 0.6 is 12.2 Å². The number of rotatable bonds is 6. The lowest BCUT2D eigenvalue weighted by molar-refractivity contribution is 0.297. The zero-order valence-corrected chi connectivity index (χ0v) is 12.1. The highest BCUT2D eigenvalue weighted by Crippen LogP contribution is 2.28. The molecule has 3 N–H and O–H groups in total. The lowest BCUT2D eigenvalue weighted by Gasteiger charge is -2.25. The van der Waals surface area contributed by atoms with Crippen LogP contribution in [0.15, 0.2) is 23.2 Å². The second-order valence-corrected chi connectivity index (χ2v) is 6.87. The summed E-state index contributed by atoms with van der Waals surface area (Å²) < 4.78 is 26.9. The molecule has 7 heteroatoms. The number of thiocarbonyl (C=S) groups is 1. The van der Waals surface area contributed by atoms with E-state index in [2.05, 4.69) is 9.71 Å². The summed E-state index contributed by atoms with van der Waals surface area (Å²) in [6.07, 6.45) is 6.01. The molecule has 0 radical (unpaired) electrons. The average molecular weight is 299 g/mol. The molecule has 19 heavy (non-hydrogen) atoms. The third-order valence-corrected chi connectivity index (χ3v) is 5.05. The first-order valence-corrected chi connectivity index (χ1v) is 8.14. The molecule has 104 valence electrons. The number of hydrogen-bond donors (Lipinski definition) is 2. The van der Waals surface area contributed by atoms with Gasteiger partial charge in [-0.15, -0.1) is 0 Å². The molecule has 0 aliphatic heterocycles. The predicted octanol–water partition coefficient (Wildman–Crippen LogP) is 1.18.